The van der Waals surface area contributed by atoms with E-state index in [2.05, 4.69) is 10.4 Å². The van der Waals surface area contributed by atoms with E-state index in [1.807, 2.05) is 38.1 Å². The van der Waals surface area contributed by atoms with Gasteiger partial charge in [-0.25, -0.2) is 4.68 Å². The first-order chi connectivity index (χ1) is 14.9. The van der Waals surface area contributed by atoms with Crippen molar-refractivity contribution in [1.82, 2.24) is 9.78 Å². The van der Waals surface area contributed by atoms with Gasteiger partial charge in [-0.15, -0.1) is 0 Å². The van der Waals surface area contributed by atoms with E-state index in [-0.39, 0.29) is 11.5 Å². The second-order valence-electron chi connectivity index (χ2n) is 7.35. The smallest absolute Gasteiger partial charge is 0.271 e. The van der Waals surface area contributed by atoms with Crippen molar-refractivity contribution < 1.29 is 9.53 Å². The number of ether oxygens (including phenoxy) is 1. The molecular weight excluding hydrogens is 414 g/mol. The number of carbonyl (C=O) groups is 1. The predicted octanol–water partition coefficient (Wildman–Crippen LogP) is 4.78. The Hall–Kier alpha value is -3.12. The summed E-state index contributed by atoms with van der Waals surface area (Å²) in [5, 5.41) is 7.86. The van der Waals surface area contributed by atoms with Crippen LogP contribution in [0.1, 0.15) is 42.6 Å². The van der Waals surface area contributed by atoms with Crippen molar-refractivity contribution in [3.8, 4) is 5.75 Å². The minimum Gasteiger partial charge on any atom is -0.496 e. The van der Waals surface area contributed by atoms with Crippen molar-refractivity contribution in [2.75, 3.05) is 12.4 Å². The first-order valence-electron chi connectivity index (χ1n) is 10.2. The van der Waals surface area contributed by atoms with Gasteiger partial charge >= 0.3 is 0 Å². The van der Waals surface area contributed by atoms with Crippen molar-refractivity contribution >= 4 is 23.2 Å². The molecule has 1 amide bonds. The van der Waals surface area contributed by atoms with Crippen LogP contribution in [-0.2, 0) is 11.2 Å². The topological polar surface area (TPSA) is 73.2 Å². The molecular formula is C24H26ClN3O3. The van der Waals surface area contributed by atoms with E-state index in [0.29, 0.717) is 40.6 Å². The number of aryl methyl sites for hydroxylation is 1. The largest absolute Gasteiger partial charge is 0.496 e. The predicted molar refractivity (Wildman–Crippen MR) is 123 cm³/mol. The van der Waals surface area contributed by atoms with E-state index in [0.717, 1.165) is 12.0 Å². The number of halogens is 1. The maximum absolute atomic E-state index is 13.3. The number of carbonyl (C=O) groups excluding carboxylic acids is 1. The molecule has 7 heteroatoms. The van der Waals surface area contributed by atoms with Crippen LogP contribution in [0.4, 0.5) is 5.69 Å². The van der Waals surface area contributed by atoms with Crippen molar-refractivity contribution in [1.29, 1.82) is 0 Å². The van der Waals surface area contributed by atoms with Gasteiger partial charge in [0, 0.05) is 22.7 Å². The average Bonchev–Trinajstić information content (AvgIpc) is 2.76. The number of rotatable bonds is 8. The maximum Gasteiger partial charge on any atom is 0.271 e. The molecule has 0 fully saturated rings. The SMILES string of the molecule is CCCC(C(=O)Nc1ccc(Cl)cc1)n1nc(C)cc(Cc2ccccc2OC)c1=O. The Balaban J connectivity index is 1.95. The molecule has 1 N–H and O–H groups in total. The quantitative estimate of drug-likeness (QED) is 0.548. The Morgan fingerprint density at radius 3 is 2.55 bits per heavy atom. The van der Waals surface area contributed by atoms with Crippen LogP contribution in [0.25, 0.3) is 0 Å². The van der Waals surface area contributed by atoms with E-state index >= 15 is 0 Å². The third-order valence-electron chi connectivity index (χ3n) is 4.98. The summed E-state index contributed by atoms with van der Waals surface area (Å²) in [7, 11) is 1.60. The van der Waals surface area contributed by atoms with Crippen LogP contribution in [0.15, 0.2) is 59.4 Å². The fourth-order valence-electron chi connectivity index (χ4n) is 3.49. The number of methoxy groups -OCH3 is 1. The summed E-state index contributed by atoms with van der Waals surface area (Å²) in [6.07, 6.45) is 1.61. The third kappa shape index (κ3) is 5.52. The number of hydrogen-bond acceptors (Lipinski definition) is 4. The minimum atomic E-state index is -0.718. The number of anilines is 1. The molecule has 0 aliphatic heterocycles. The van der Waals surface area contributed by atoms with Crippen LogP contribution in [0, 0.1) is 6.92 Å². The molecule has 3 aromatic rings. The molecule has 2 aromatic carbocycles. The third-order valence-corrected chi connectivity index (χ3v) is 5.23. The summed E-state index contributed by atoms with van der Waals surface area (Å²) in [6.45, 7) is 3.79. The Labute approximate surface area is 186 Å². The summed E-state index contributed by atoms with van der Waals surface area (Å²) >= 11 is 5.92. The second-order valence-corrected chi connectivity index (χ2v) is 7.79. The molecule has 31 heavy (non-hydrogen) atoms. The molecule has 6 nitrogen and oxygen atoms in total. The summed E-state index contributed by atoms with van der Waals surface area (Å²) in [5.74, 6) is 0.432. The van der Waals surface area contributed by atoms with Crippen molar-refractivity contribution in [2.24, 2.45) is 0 Å². The van der Waals surface area contributed by atoms with Crippen LogP contribution >= 0.6 is 11.6 Å². The first-order valence-corrected chi connectivity index (χ1v) is 10.6. The first kappa shape index (κ1) is 22.6. The fourth-order valence-corrected chi connectivity index (χ4v) is 3.62. The lowest BCUT2D eigenvalue weighted by Gasteiger charge is -2.19. The Kier molecular flexibility index (Phi) is 7.47. The summed E-state index contributed by atoms with van der Waals surface area (Å²) in [4.78, 5) is 26.4. The zero-order valence-electron chi connectivity index (χ0n) is 17.9. The van der Waals surface area contributed by atoms with Crippen LogP contribution in [0.2, 0.25) is 5.02 Å². The molecule has 162 valence electrons. The number of amides is 1. The van der Waals surface area contributed by atoms with E-state index in [4.69, 9.17) is 16.3 Å². The van der Waals surface area contributed by atoms with Gasteiger partial charge in [0.05, 0.1) is 12.8 Å². The van der Waals surface area contributed by atoms with Crippen LogP contribution < -0.4 is 15.6 Å². The van der Waals surface area contributed by atoms with E-state index < -0.39 is 6.04 Å². The molecule has 1 unspecified atom stereocenters. The zero-order valence-corrected chi connectivity index (χ0v) is 18.6. The molecule has 1 heterocycles. The lowest BCUT2D eigenvalue weighted by Crippen LogP contribution is -2.37. The lowest BCUT2D eigenvalue weighted by molar-refractivity contribution is -0.119. The summed E-state index contributed by atoms with van der Waals surface area (Å²) < 4.78 is 6.73. The van der Waals surface area contributed by atoms with Gasteiger partial charge in [-0.1, -0.05) is 43.1 Å². The molecule has 0 radical (unpaired) electrons. The molecule has 0 bridgehead atoms. The molecule has 0 aliphatic carbocycles. The summed E-state index contributed by atoms with van der Waals surface area (Å²) in [6, 6.07) is 15.5. The van der Waals surface area contributed by atoms with Gasteiger partial charge in [-0.3, -0.25) is 9.59 Å². The maximum atomic E-state index is 13.3. The average molecular weight is 440 g/mol. The molecule has 1 atom stereocenters. The molecule has 3 rings (SSSR count). The van der Waals surface area contributed by atoms with Crippen molar-refractivity contribution in [3.63, 3.8) is 0 Å². The number of benzene rings is 2. The number of aromatic nitrogens is 2. The Morgan fingerprint density at radius 1 is 1.16 bits per heavy atom. The normalized spacial score (nSPS) is 11.7. The highest BCUT2D eigenvalue weighted by Crippen LogP contribution is 2.21. The van der Waals surface area contributed by atoms with E-state index in [1.165, 1.54) is 4.68 Å². The van der Waals surface area contributed by atoms with Crippen LogP contribution in [0.3, 0.4) is 0 Å². The summed E-state index contributed by atoms with van der Waals surface area (Å²) in [5.41, 5.74) is 2.48. The Morgan fingerprint density at radius 2 is 1.87 bits per heavy atom. The second kappa shape index (κ2) is 10.3. The molecule has 0 aliphatic rings. The molecule has 0 saturated carbocycles. The van der Waals surface area contributed by atoms with Crippen LogP contribution in [-0.4, -0.2) is 22.8 Å². The highest BCUT2D eigenvalue weighted by Gasteiger charge is 2.24. The number of para-hydroxylation sites is 1. The van der Waals surface area contributed by atoms with Crippen molar-refractivity contribution in [3.05, 3.63) is 86.8 Å². The van der Waals surface area contributed by atoms with E-state index in [9.17, 15) is 9.59 Å². The van der Waals surface area contributed by atoms with E-state index in [1.54, 1.807) is 37.4 Å². The zero-order chi connectivity index (χ0) is 22.4. The van der Waals surface area contributed by atoms with Gasteiger partial charge in [0.1, 0.15) is 11.8 Å². The Bertz CT molecular complexity index is 1110. The van der Waals surface area contributed by atoms with Gasteiger partial charge in [0.2, 0.25) is 5.91 Å². The van der Waals surface area contributed by atoms with Crippen LogP contribution in [0.5, 0.6) is 5.75 Å². The minimum absolute atomic E-state index is 0.277. The highest BCUT2D eigenvalue weighted by atomic mass is 35.5. The molecule has 0 saturated heterocycles. The monoisotopic (exact) mass is 439 g/mol. The van der Waals surface area contributed by atoms with Gasteiger partial charge in [-0.05, 0) is 55.3 Å². The number of nitrogens with zero attached hydrogens (tertiary/aromatic N) is 2. The molecule has 1 aromatic heterocycles. The number of nitrogens with one attached hydrogen (secondary N) is 1. The molecule has 0 spiro atoms. The van der Waals surface area contributed by atoms with Crippen molar-refractivity contribution in [2.45, 2.75) is 39.2 Å². The highest BCUT2D eigenvalue weighted by molar-refractivity contribution is 6.30. The fraction of sp³-hybridized carbons (Fsp3) is 0.292. The lowest BCUT2D eigenvalue weighted by atomic mass is 10.0. The van der Waals surface area contributed by atoms with Gasteiger partial charge < -0.3 is 10.1 Å². The number of hydrogen-bond donors (Lipinski definition) is 1. The van der Waals surface area contributed by atoms with Gasteiger partial charge in [0.15, 0.2) is 0 Å². The van der Waals surface area contributed by atoms with Gasteiger partial charge in [0.25, 0.3) is 5.56 Å². The van der Waals surface area contributed by atoms with Gasteiger partial charge in [-0.2, -0.15) is 5.10 Å². The standard InChI is InChI=1S/C24H26ClN3O3/c1-4-7-21(23(29)26-20-12-10-19(25)11-13-20)28-24(30)18(14-16(2)27-28)15-17-8-5-6-9-22(17)31-3/h5-6,8-14,21H,4,7,15H2,1-3H3,(H,26,29).